The predicted octanol–water partition coefficient (Wildman–Crippen LogP) is 4.28. The molecule has 0 spiro atoms. The monoisotopic (exact) mass is 904 g/mol. The second-order valence-electron chi connectivity index (χ2n) is 18.3. The first kappa shape index (κ1) is 52.4. The Morgan fingerprint density at radius 3 is 2.20 bits per heavy atom. The van der Waals surface area contributed by atoms with Gasteiger partial charge < -0.3 is 58.3 Å². The van der Waals surface area contributed by atoms with Crippen LogP contribution in [0.1, 0.15) is 113 Å². The summed E-state index contributed by atoms with van der Waals surface area (Å²) in [7, 11) is 2.40. The Kier molecular flexibility index (Phi) is 18.3. The number of carbonyl (C=O) groups excluding carboxylic acids is 5. The van der Waals surface area contributed by atoms with Crippen molar-refractivity contribution < 1.29 is 82.3 Å². The number of aliphatic hydroxyl groups excluding tert-OH is 2. The maximum absolute atomic E-state index is 13.4. The van der Waals surface area contributed by atoms with E-state index in [2.05, 4.69) is 0 Å². The highest BCUT2D eigenvalue weighted by Gasteiger charge is 2.59. The van der Waals surface area contributed by atoms with Crippen molar-refractivity contribution in [3.05, 3.63) is 59.8 Å². The van der Waals surface area contributed by atoms with Gasteiger partial charge in [-0.1, -0.05) is 77.0 Å². The minimum absolute atomic E-state index is 0.0721. The molecule has 4 rings (SSSR count). The maximum Gasteiger partial charge on any atom is 0.331 e. The molecule has 17 nitrogen and oxygen atoms in total. The number of esters is 5. The fourth-order valence-electron chi connectivity index (χ4n) is 8.57. The summed E-state index contributed by atoms with van der Waals surface area (Å²) in [4.78, 5) is 64.7. The zero-order valence-electron chi connectivity index (χ0n) is 38.5. The van der Waals surface area contributed by atoms with Gasteiger partial charge in [0, 0.05) is 56.3 Å². The van der Waals surface area contributed by atoms with E-state index in [1.54, 1.807) is 45.9 Å². The quantitative estimate of drug-likeness (QED) is 0.0830. The lowest BCUT2D eigenvalue weighted by Gasteiger charge is -2.53. The lowest BCUT2D eigenvalue weighted by molar-refractivity contribution is -0.348. The summed E-state index contributed by atoms with van der Waals surface area (Å²) in [6, 6.07) is 0. The highest BCUT2D eigenvalue weighted by atomic mass is 16.7. The lowest BCUT2D eigenvalue weighted by Crippen LogP contribution is -2.62. The minimum atomic E-state index is -2.47. The van der Waals surface area contributed by atoms with Crippen molar-refractivity contribution in [1.82, 2.24) is 0 Å². The normalized spacial score (nSPS) is 35.8. The lowest BCUT2D eigenvalue weighted by atomic mass is 9.70. The Hall–Kier alpha value is -4.23. The van der Waals surface area contributed by atoms with Crippen molar-refractivity contribution in [1.29, 1.82) is 0 Å². The molecule has 0 amide bonds. The second kappa shape index (κ2) is 22.3. The highest BCUT2D eigenvalue weighted by Crippen LogP contribution is 2.50. The summed E-state index contributed by atoms with van der Waals surface area (Å²) in [6.45, 7) is 11.2. The molecule has 4 aliphatic rings. The summed E-state index contributed by atoms with van der Waals surface area (Å²) in [5.41, 5.74) is -2.06. The zero-order chi connectivity index (χ0) is 47.6. The van der Waals surface area contributed by atoms with Crippen molar-refractivity contribution in [3.8, 4) is 0 Å². The van der Waals surface area contributed by atoms with Crippen molar-refractivity contribution in [3.63, 3.8) is 0 Å². The van der Waals surface area contributed by atoms with Gasteiger partial charge in [0.2, 0.25) is 5.79 Å². The predicted molar refractivity (Wildman–Crippen MR) is 228 cm³/mol. The van der Waals surface area contributed by atoms with E-state index in [4.69, 9.17) is 37.9 Å². The van der Waals surface area contributed by atoms with Crippen LogP contribution in [-0.4, -0.2) is 131 Å². The van der Waals surface area contributed by atoms with Crippen LogP contribution in [0.3, 0.4) is 0 Å². The number of aliphatic hydroxyl groups is 4. The van der Waals surface area contributed by atoms with Crippen LogP contribution in [0.2, 0.25) is 0 Å². The first-order chi connectivity index (χ1) is 29.9. The number of carbonyl (C=O) groups is 5. The fraction of sp³-hybridized carbons (Fsp3) is 0.681. The SMILES string of the molecule is CCC/C=C/C=C/C(=O)O[C@H]1/C(=C/C(=O)OC)C[C@H]2C[C@H]([C@@H](C)O)OC(=O)C[C@H](O)C[C@@H]3C[C@H](OC(C)=O)C(C)(C)[C@](O)(C[C@@H]4C/C(=C/C(=O)OC)C[C@H](/C=C\C(C)(C)[C@]1(O)O2)O4)O3. The van der Waals surface area contributed by atoms with Gasteiger partial charge in [-0.05, 0) is 38.2 Å². The molecule has 4 aliphatic heterocycles. The molecule has 0 aromatic carbocycles. The molecular formula is C47H68O17. The molecule has 6 bridgehead atoms. The molecule has 0 aromatic rings. The van der Waals surface area contributed by atoms with E-state index in [0.717, 1.165) is 32.1 Å². The Morgan fingerprint density at radius 1 is 0.875 bits per heavy atom. The summed E-state index contributed by atoms with van der Waals surface area (Å²) in [5, 5.41) is 47.5. The molecule has 3 saturated heterocycles. The molecule has 4 heterocycles. The van der Waals surface area contributed by atoms with Crippen LogP contribution < -0.4 is 0 Å². The molecule has 4 N–H and O–H groups in total. The van der Waals surface area contributed by atoms with E-state index < -0.39 is 114 Å². The Bertz CT molecular complexity index is 1830. The van der Waals surface area contributed by atoms with Gasteiger partial charge in [0.15, 0.2) is 11.9 Å². The molecule has 0 aliphatic carbocycles. The van der Waals surface area contributed by atoms with Gasteiger partial charge in [-0.15, -0.1) is 0 Å². The molecule has 17 heteroatoms. The van der Waals surface area contributed by atoms with E-state index in [1.807, 2.05) is 13.0 Å². The second-order valence-corrected chi connectivity index (χ2v) is 18.3. The average Bonchev–Trinajstić information content (AvgIpc) is 3.19. The summed E-state index contributed by atoms with van der Waals surface area (Å²) in [5.74, 6) is -8.31. The van der Waals surface area contributed by atoms with Crippen LogP contribution in [0, 0.1) is 10.8 Å². The van der Waals surface area contributed by atoms with Gasteiger partial charge >= 0.3 is 29.8 Å². The Morgan fingerprint density at radius 2 is 1.56 bits per heavy atom. The molecule has 0 aromatic heterocycles. The number of methoxy groups -OCH3 is 2. The molecule has 64 heavy (non-hydrogen) atoms. The van der Waals surface area contributed by atoms with E-state index in [9.17, 15) is 44.4 Å². The molecule has 0 saturated carbocycles. The van der Waals surface area contributed by atoms with Gasteiger partial charge in [-0.3, -0.25) is 9.59 Å². The van der Waals surface area contributed by atoms with Crippen LogP contribution >= 0.6 is 0 Å². The Labute approximate surface area is 375 Å². The summed E-state index contributed by atoms with van der Waals surface area (Å²) >= 11 is 0. The average molecular weight is 905 g/mol. The van der Waals surface area contributed by atoms with Gasteiger partial charge in [0.1, 0.15) is 12.2 Å². The number of unbranched alkanes of at least 4 members (excludes halogenated alkanes) is 1. The molecule has 3 fully saturated rings. The third-order valence-corrected chi connectivity index (χ3v) is 12.4. The van der Waals surface area contributed by atoms with Crippen molar-refractivity contribution in [2.75, 3.05) is 14.2 Å². The number of ether oxygens (including phenoxy) is 8. The van der Waals surface area contributed by atoms with Gasteiger partial charge in [0.25, 0.3) is 0 Å². The third kappa shape index (κ3) is 13.4. The molecule has 0 radical (unpaired) electrons. The standard InChI is InChI=1S/C47H68O17/c1-10-11-12-13-14-15-39(51)62-43-31(22-41(53)58-9)21-34-25-37(28(2)48)61-42(54)24-32(50)23-35-26-38(59-29(3)49)45(6,7)46(55,63-35)27-36-19-30(20-40(52)57-8)18-33(60-36)16-17-44(4,5)47(43,56)64-34/h12-17,20,22,28,32-38,43,48,50,55-56H,10-11,18-19,21,23-27H2,1-9H3/b13-12+,15-14+,17-16-,30-20+,31-22+/t28-,32-,33+,34+,35-,36+,37-,38+,43+,46+,47-/m1/s1. The van der Waals surface area contributed by atoms with E-state index in [1.165, 1.54) is 33.1 Å². The maximum atomic E-state index is 13.4. The van der Waals surface area contributed by atoms with Crippen molar-refractivity contribution in [2.24, 2.45) is 10.8 Å². The first-order valence-corrected chi connectivity index (χ1v) is 21.9. The fourth-order valence-corrected chi connectivity index (χ4v) is 8.57. The first-order valence-electron chi connectivity index (χ1n) is 21.9. The number of hydrogen-bond donors (Lipinski definition) is 4. The van der Waals surface area contributed by atoms with Gasteiger partial charge in [-0.2, -0.15) is 0 Å². The van der Waals surface area contributed by atoms with Crippen LogP contribution in [0.4, 0.5) is 0 Å². The largest absolute Gasteiger partial charge is 0.466 e. The van der Waals surface area contributed by atoms with Crippen LogP contribution in [0.25, 0.3) is 0 Å². The third-order valence-electron chi connectivity index (χ3n) is 12.4. The molecule has 0 unspecified atom stereocenters. The Balaban J connectivity index is 1.89. The minimum Gasteiger partial charge on any atom is -0.466 e. The number of rotatable bonds is 9. The van der Waals surface area contributed by atoms with E-state index in [-0.39, 0.29) is 50.5 Å². The molecule has 11 atom stereocenters. The van der Waals surface area contributed by atoms with Crippen LogP contribution in [0.5, 0.6) is 0 Å². The topological polar surface area (TPSA) is 240 Å². The highest BCUT2D eigenvalue weighted by molar-refractivity contribution is 5.85. The number of cyclic esters (lactones) is 1. The van der Waals surface area contributed by atoms with Gasteiger partial charge in [0.05, 0.1) is 62.7 Å². The zero-order valence-corrected chi connectivity index (χ0v) is 38.5. The number of allylic oxidation sites excluding steroid dienone is 3. The summed E-state index contributed by atoms with van der Waals surface area (Å²) < 4.78 is 46.7. The van der Waals surface area contributed by atoms with Gasteiger partial charge in [-0.25, -0.2) is 14.4 Å². The van der Waals surface area contributed by atoms with E-state index >= 15 is 0 Å². The van der Waals surface area contributed by atoms with Crippen molar-refractivity contribution >= 4 is 29.8 Å². The smallest absolute Gasteiger partial charge is 0.331 e. The number of hydrogen-bond acceptors (Lipinski definition) is 17. The molecule has 358 valence electrons. The number of fused-ring (bicyclic) bond motifs is 6. The molecular weight excluding hydrogens is 836 g/mol. The summed E-state index contributed by atoms with van der Waals surface area (Å²) in [6.07, 6.45) is 2.55. The van der Waals surface area contributed by atoms with Crippen LogP contribution in [0.15, 0.2) is 59.8 Å². The van der Waals surface area contributed by atoms with E-state index in [0.29, 0.717) is 5.57 Å². The van der Waals surface area contributed by atoms with Crippen LogP contribution in [-0.2, 0) is 61.9 Å². The van der Waals surface area contributed by atoms with Crippen molar-refractivity contribution in [2.45, 2.75) is 179 Å².